The van der Waals surface area contributed by atoms with Gasteiger partial charge in [-0.3, -0.25) is 10.2 Å². The second kappa shape index (κ2) is 9.82. The van der Waals surface area contributed by atoms with Gasteiger partial charge in [0.15, 0.2) is 5.69 Å². The first-order valence-corrected chi connectivity index (χ1v) is 9.33. The number of nitrogens with zero attached hydrogens (tertiary/aromatic N) is 2. The number of amidine groups is 1. The summed E-state index contributed by atoms with van der Waals surface area (Å²) in [7, 11) is 3.35. The second-order valence-corrected chi connectivity index (χ2v) is 7.48. The molecule has 0 atom stereocenters. The molecule has 0 fully saturated rings. The number of benzene rings is 1. The first kappa shape index (κ1) is 22.8. The molecule has 0 saturated heterocycles. The van der Waals surface area contributed by atoms with E-state index < -0.39 is 17.1 Å². The van der Waals surface area contributed by atoms with Crippen LogP contribution < -0.4 is 10.6 Å². The largest absolute Gasteiger partial charge is 0.444 e. The fraction of sp³-hybridized carbons (Fsp3) is 0.333. The summed E-state index contributed by atoms with van der Waals surface area (Å²) in [6.07, 6.45) is 4.09. The van der Waals surface area contributed by atoms with Crippen LogP contribution >= 0.6 is 0 Å². The standard InChI is InChI=1S/C21H26FN5O3/c1-21(2,13-28)8-9-27(4)18(23)16(11-24-3)25-19(29)17-12-30-20(26-17)14-6-5-7-15(22)10-14/h5-7,10-13,23-24H,8-9H2,1-4H3,(H,25,29)/b16-11+,23-18?. The fourth-order valence-electron chi connectivity index (χ4n) is 2.46. The number of oxazole rings is 1. The van der Waals surface area contributed by atoms with Gasteiger partial charge in [-0.2, -0.15) is 0 Å². The molecule has 3 N–H and O–H groups in total. The van der Waals surface area contributed by atoms with E-state index in [-0.39, 0.29) is 23.1 Å². The zero-order chi connectivity index (χ0) is 22.3. The molecule has 0 unspecified atom stereocenters. The van der Waals surface area contributed by atoms with Gasteiger partial charge in [-0.25, -0.2) is 9.37 Å². The van der Waals surface area contributed by atoms with E-state index >= 15 is 0 Å². The Labute approximate surface area is 174 Å². The number of hydrogen-bond donors (Lipinski definition) is 3. The van der Waals surface area contributed by atoms with Crippen LogP contribution in [-0.4, -0.2) is 48.6 Å². The number of hydrogen-bond acceptors (Lipinski definition) is 6. The van der Waals surface area contributed by atoms with Crippen molar-refractivity contribution in [2.45, 2.75) is 20.3 Å². The molecule has 9 heteroatoms. The molecule has 0 spiro atoms. The van der Waals surface area contributed by atoms with Crippen LogP contribution in [0.3, 0.4) is 0 Å². The summed E-state index contributed by atoms with van der Waals surface area (Å²) >= 11 is 0. The fourth-order valence-corrected chi connectivity index (χ4v) is 2.46. The SMILES string of the molecule is CN/C=C(/NC(=O)c1coc(-c2cccc(F)c2)n1)C(=N)N(C)CCC(C)(C)C=O. The summed E-state index contributed by atoms with van der Waals surface area (Å²) in [5, 5.41) is 13.8. The minimum atomic E-state index is -0.575. The Bertz CT molecular complexity index is 952. The summed E-state index contributed by atoms with van der Waals surface area (Å²) in [6, 6.07) is 5.69. The second-order valence-electron chi connectivity index (χ2n) is 7.48. The van der Waals surface area contributed by atoms with Crippen LogP contribution in [0.15, 0.2) is 46.8 Å². The number of likely N-dealkylation sites (N-methyl/N-ethyl adjacent to an activating group) is 1. The van der Waals surface area contributed by atoms with Crippen molar-refractivity contribution in [1.82, 2.24) is 20.5 Å². The van der Waals surface area contributed by atoms with Gasteiger partial charge in [0.25, 0.3) is 5.91 Å². The predicted molar refractivity (Wildman–Crippen MR) is 111 cm³/mol. The number of carbonyl (C=O) groups excluding carboxylic acids is 2. The quantitative estimate of drug-likeness (QED) is 0.330. The lowest BCUT2D eigenvalue weighted by atomic mass is 9.91. The molecule has 1 aromatic carbocycles. The first-order valence-electron chi connectivity index (χ1n) is 9.33. The highest BCUT2D eigenvalue weighted by Crippen LogP contribution is 2.20. The van der Waals surface area contributed by atoms with Crippen molar-refractivity contribution in [3.05, 3.63) is 53.9 Å². The van der Waals surface area contributed by atoms with Gasteiger partial charge in [0.2, 0.25) is 5.89 Å². The Morgan fingerprint density at radius 2 is 2.13 bits per heavy atom. The molecule has 2 rings (SSSR count). The van der Waals surface area contributed by atoms with Crippen molar-refractivity contribution in [2.24, 2.45) is 5.41 Å². The van der Waals surface area contributed by atoms with Gasteiger partial charge in [0, 0.05) is 37.8 Å². The van der Waals surface area contributed by atoms with Gasteiger partial charge < -0.3 is 24.7 Å². The maximum Gasteiger partial charge on any atom is 0.277 e. The molecule has 0 radical (unpaired) electrons. The third kappa shape index (κ3) is 6.00. The van der Waals surface area contributed by atoms with Gasteiger partial charge in [-0.1, -0.05) is 19.9 Å². The normalized spacial score (nSPS) is 11.7. The highest BCUT2D eigenvalue weighted by molar-refractivity contribution is 6.03. The Morgan fingerprint density at radius 3 is 2.77 bits per heavy atom. The molecular weight excluding hydrogens is 389 g/mol. The molecule has 30 heavy (non-hydrogen) atoms. The summed E-state index contributed by atoms with van der Waals surface area (Å²) in [4.78, 5) is 29.4. The maximum absolute atomic E-state index is 13.4. The van der Waals surface area contributed by atoms with Crippen LogP contribution in [0, 0.1) is 16.6 Å². The highest BCUT2D eigenvalue weighted by atomic mass is 19.1. The number of aldehydes is 1. The highest BCUT2D eigenvalue weighted by Gasteiger charge is 2.21. The summed E-state index contributed by atoms with van der Waals surface area (Å²) in [5.74, 6) is -0.838. The Kier molecular flexibility index (Phi) is 7.46. The zero-order valence-electron chi connectivity index (χ0n) is 17.5. The summed E-state index contributed by atoms with van der Waals surface area (Å²) < 4.78 is 18.7. The van der Waals surface area contributed by atoms with E-state index in [9.17, 15) is 14.0 Å². The number of amides is 1. The van der Waals surface area contributed by atoms with E-state index in [0.29, 0.717) is 18.5 Å². The molecule has 0 bridgehead atoms. The number of aromatic nitrogens is 1. The molecule has 0 aliphatic heterocycles. The average molecular weight is 415 g/mol. The molecular formula is C21H26FN5O3. The average Bonchev–Trinajstić information content (AvgIpc) is 3.21. The van der Waals surface area contributed by atoms with Crippen molar-refractivity contribution in [3.63, 3.8) is 0 Å². The number of nitrogens with one attached hydrogen (secondary N) is 3. The third-order valence-corrected chi connectivity index (χ3v) is 4.39. The van der Waals surface area contributed by atoms with E-state index in [1.165, 1.54) is 30.7 Å². The molecule has 1 aromatic heterocycles. The van der Waals surface area contributed by atoms with Gasteiger partial charge in [-0.05, 0) is 24.6 Å². The van der Waals surface area contributed by atoms with Crippen LogP contribution in [0.25, 0.3) is 11.5 Å². The molecule has 8 nitrogen and oxygen atoms in total. The van der Waals surface area contributed by atoms with Crippen molar-refractivity contribution < 1.29 is 18.4 Å². The molecule has 0 aliphatic carbocycles. The third-order valence-electron chi connectivity index (χ3n) is 4.39. The molecule has 0 aliphatic rings. The van der Waals surface area contributed by atoms with Gasteiger partial charge >= 0.3 is 0 Å². The van der Waals surface area contributed by atoms with E-state index in [1.807, 2.05) is 13.8 Å². The van der Waals surface area contributed by atoms with Gasteiger partial charge in [0.1, 0.15) is 24.2 Å². The topological polar surface area (TPSA) is 111 Å². The summed E-state index contributed by atoms with van der Waals surface area (Å²) in [5.41, 5.74) is 0.127. The zero-order valence-corrected chi connectivity index (χ0v) is 17.5. The smallest absolute Gasteiger partial charge is 0.277 e. The van der Waals surface area contributed by atoms with Crippen LogP contribution in [0.5, 0.6) is 0 Å². The molecule has 160 valence electrons. The van der Waals surface area contributed by atoms with E-state index in [4.69, 9.17) is 9.83 Å². The predicted octanol–water partition coefficient (Wildman–Crippen LogP) is 2.80. The molecule has 1 heterocycles. The molecule has 0 saturated carbocycles. The lowest BCUT2D eigenvalue weighted by Crippen LogP contribution is -2.38. The minimum Gasteiger partial charge on any atom is -0.444 e. The first-order chi connectivity index (χ1) is 14.2. The Morgan fingerprint density at radius 1 is 1.40 bits per heavy atom. The maximum atomic E-state index is 13.4. The Balaban J connectivity index is 2.09. The summed E-state index contributed by atoms with van der Waals surface area (Å²) in [6.45, 7) is 4.10. The number of halogens is 1. The van der Waals surface area contributed by atoms with Crippen LogP contribution in [0.1, 0.15) is 30.8 Å². The van der Waals surface area contributed by atoms with E-state index in [0.717, 1.165) is 6.29 Å². The van der Waals surface area contributed by atoms with Crippen LogP contribution in [-0.2, 0) is 4.79 Å². The van der Waals surface area contributed by atoms with Crippen molar-refractivity contribution in [2.75, 3.05) is 20.6 Å². The molecule has 1 amide bonds. The monoisotopic (exact) mass is 415 g/mol. The van der Waals surface area contributed by atoms with Crippen LogP contribution in [0.2, 0.25) is 0 Å². The van der Waals surface area contributed by atoms with E-state index in [1.54, 1.807) is 25.1 Å². The number of carbonyl (C=O) groups is 2. The van der Waals surface area contributed by atoms with Gasteiger partial charge in [0.05, 0.1) is 5.70 Å². The molecule has 2 aromatic rings. The number of rotatable bonds is 9. The minimum absolute atomic E-state index is 0.00574. The van der Waals surface area contributed by atoms with E-state index in [2.05, 4.69) is 15.6 Å². The Hall–Kier alpha value is -3.49. The van der Waals surface area contributed by atoms with Crippen molar-refractivity contribution in [3.8, 4) is 11.5 Å². The van der Waals surface area contributed by atoms with Gasteiger partial charge in [-0.15, -0.1) is 0 Å². The van der Waals surface area contributed by atoms with Crippen molar-refractivity contribution >= 4 is 18.0 Å². The lowest BCUT2D eigenvalue weighted by molar-refractivity contribution is -0.115. The van der Waals surface area contributed by atoms with Crippen LogP contribution in [0.4, 0.5) is 4.39 Å². The van der Waals surface area contributed by atoms with Crippen molar-refractivity contribution in [1.29, 1.82) is 5.41 Å². The lowest BCUT2D eigenvalue weighted by Gasteiger charge is -2.25.